The molecule has 264 valence electrons. The van der Waals surface area contributed by atoms with E-state index in [1.807, 2.05) is 37.4 Å². The second kappa shape index (κ2) is 17.6. The standard InChI is InChI=1S/C38H44N4O8/c1-3-49-38-29(16-18-47-20-21-48-19-17-43)30(31-24-42(25(2)44)34-11-7-4-8-28(31)34)22-35(50-38)37(46)40-23-26-12-14-27(15-13-26)36(45)41-33-10-6-5-9-32(33)39/h4-15,22,24,29-30,38,43H,3,16-21,23,39H2,1-2H3,(H,40,46)(H,41,45)/t29-,30+,38-/m1/s1. The quantitative estimate of drug-likeness (QED) is 0.0955. The molecule has 12 nitrogen and oxygen atoms in total. The molecule has 0 aliphatic carbocycles. The highest BCUT2D eigenvalue weighted by molar-refractivity contribution is 6.05. The van der Waals surface area contributed by atoms with Crippen LogP contribution in [0.5, 0.6) is 0 Å². The largest absolute Gasteiger partial charge is 0.459 e. The highest BCUT2D eigenvalue weighted by atomic mass is 16.7. The number of aliphatic hydroxyl groups is 1. The monoisotopic (exact) mass is 684 g/mol. The highest BCUT2D eigenvalue weighted by Crippen LogP contribution is 2.42. The number of nitrogens with two attached hydrogens (primary N) is 1. The zero-order valence-electron chi connectivity index (χ0n) is 28.3. The van der Waals surface area contributed by atoms with Crippen molar-refractivity contribution in [2.75, 3.05) is 50.7 Å². The minimum absolute atomic E-state index is 0.0519. The second-order valence-electron chi connectivity index (χ2n) is 11.8. The fourth-order valence-corrected chi connectivity index (χ4v) is 5.98. The first kappa shape index (κ1) is 36.3. The van der Waals surface area contributed by atoms with Crippen molar-refractivity contribution in [1.29, 1.82) is 0 Å². The third kappa shape index (κ3) is 8.96. The summed E-state index contributed by atoms with van der Waals surface area (Å²) in [5.41, 5.74) is 9.82. The van der Waals surface area contributed by atoms with Crippen LogP contribution in [0.2, 0.25) is 0 Å². The van der Waals surface area contributed by atoms with Gasteiger partial charge in [-0.15, -0.1) is 0 Å². The van der Waals surface area contributed by atoms with Gasteiger partial charge in [0.05, 0.1) is 43.3 Å². The van der Waals surface area contributed by atoms with Crippen molar-refractivity contribution in [3.05, 3.63) is 108 Å². The van der Waals surface area contributed by atoms with Crippen molar-refractivity contribution in [3.63, 3.8) is 0 Å². The van der Waals surface area contributed by atoms with Gasteiger partial charge in [0.15, 0.2) is 5.76 Å². The number of anilines is 2. The van der Waals surface area contributed by atoms with Crippen molar-refractivity contribution >= 4 is 40.0 Å². The average Bonchev–Trinajstić information content (AvgIpc) is 3.52. The Morgan fingerprint density at radius 3 is 2.36 bits per heavy atom. The molecule has 0 bridgehead atoms. The maximum Gasteiger partial charge on any atom is 0.286 e. The van der Waals surface area contributed by atoms with Crippen molar-refractivity contribution in [2.45, 2.75) is 39.0 Å². The number of benzene rings is 3. The molecule has 2 amide bonds. The Bertz CT molecular complexity index is 1800. The Hall–Kier alpha value is -5.01. The molecule has 1 aliphatic heterocycles. The van der Waals surface area contributed by atoms with Crippen LogP contribution in [0.3, 0.4) is 0 Å². The number of hydrogen-bond acceptors (Lipinski definition) is 9. The number of nitrogens with zero attached hydrogens (tertiary/aromatic N) is 1. The third-order valence-corrected chi connectivity index (χ3v) is 8.46. The summed E-state index contributed by atoms with van der Waals surface area (Å²) in [7, 11) is 0. The fraction of sp³-hybridized carbons (Fsp3) is 0.342. The lowest BCUT2D eigenvalue weighted by Gasteiger charge is -2.36. The minimum atomic E-state index is -0.763. The molecule has 12 heteroatoms. The number of rotatable bonds is 16. The Morgan fingerprint density at radius 1 is 0.920 bits per heavy atom. The Morgan fingerprint density at radius 2 is 1.64 bits per heavy atom. The van der Waals surface area contributed by atoms with Gasteiger partial charge in [0.25, 0.3) is 11.8 Å². The van der Waals surface area contributed by atoms with Crippen LogP contribution >= 0.6 is 0 Å². The number of carbonyl (C=O) groups is 3. The van der Waals surface area contributed by atoms with Crippen LogP contribution in [0, 0.1) is 5.92 Å². The van der Waals surface area contributed by atoms with Gasteiger partial charge < -0.3 is 40.4 Å². The molecule has 0 saturated heterocycles. The van der Waals surface area contributed by atoms with Gasteiger partial charge in [-0.3, -0.25) is 19.0 Å². The molecule has 4 aromatic rings. The van der Waals surface area contributed by atoms with E-state index in [1.54, 1.807) is 59.2 Å². The van der Waals surface area contributed by atoms with E-state index >= 15 is 0 Å². The van der Waals surface area contributed by atoms with Crippen LogP contribution in [-0.2, 0) is 30.3 Å². The van der Waals surface area contributed by atoms with Crippen LogP contribution < -0.4 is 16.4 Å². The number of allylic oxidation sites excluding steroid dienone is 1. The van der Waals surface area contributed by atoms with Crippen LogP contribution in [-0.4, -0.2) is 73.3 Å². The Labute approximate surface area is 291 Å². The summed E-state index contributed by atoms with van der Waals surface area (Å²) in [6.45, 7) is 5.21. The molecule has 1 aromatic heterocycles. The number of hydrogen-bond donors (Lipinski definition) is 4. The highest BCUT2D eigenvalue weighted by Gasteiger charge is 2.39. The van der Waals surface area contributed by atoms with Crippen molar-refractivity contribution in [2.24, 2.45) is 5.92 Å². The van der Waals surface area contributed by atoms with E-state index in [0.717, 1.165) is 22.0 Å². The molecule has 1 aliphatic rings. The van der Waals surface area contributed by atoms with Gasteiger partial charge in [-0.1, -0.05) is 42.5 Å². The van der Waals surface area contributed by atoms with Crippen LogP contribution in [0.25, 0.3) is 10.9 Å². The van der Waals surface area contributed by atoms with Gasteiger partial charge in [0.1, 0.15) is 0 Å². The number of carbonyl (C=O) groups excluding carboxylic acids is 3. The first-order valence-corrected chi connectivity index (χ1v) is 16.7. The van der Waals surface area contributed by atoms with Gasteiger partial charge >= 0.3 is 0 Å². The minimum Gasteiger partial charge on any atom is -0.459 e. The normalized spacial score (nSPS) is 17.2. The molecule has 3 atom stereocenters. The van der Waals surface area contributed by atoms with E-state index in [9.17, 15) is 14.4 Å². The van der Waals surface area contributed by atoms with Gasteiger partial charge in [-0.05, 0) is 60.9 Å². The summed E-state index contributed by atoms with van der Waals surface area (Å²) in [4.78, 5) is 39.0. The van der Waals surface area contributed by atoms with Crippen LogP contribution in [0.15, 0.2) is 90.8 Å². The number of nitrogens with one attached hydrogen (secondary N) is 2. The van der Waals surface area contributed by atoms with Gasteiger partial charge in [0, 0.05) is 55.7 Å². The first-order chi connectivity index (χ1) is 24.3. The number of aromatic nitrogens is 1. The van der Waals surface area contributed by atoms with E-state index in [-0.39, 0.29) is 49.2 Å². The smallest absolute Gasteiger partial charge is 0.286 e. The molecule has 3 aromatic carbocycles. The van der Waals surface area contributed by atoms with Crippen molar-refractivity contribution in [3.8, 4) is 0 Å². The number of fused-ring (bicyclic) bond motifs is 1. The zero-order chi connectivity index (χ0) is 35.5. The van der Waals surface area contributed by atoms with Crippen LogP contribution in [0.1, 0.15) is 52.5 Å². The molecule has 0 spiro atoms. The lowest BCUT2D eigenvalue weighted by Crippen LogP contribution is -2.39. The first-order valence-electron chi connectivity index (χ1n) is 16.7. The van der Waals surface area contributed by atoms with E-state index in [4.69, 9.17) is 29.8 Å². The summed E-state index contributed by atoms with van der Waals surface area (Å²) in [5, 5.41) is 15.6. The number of nitrogen functional groups attached to an aromatic ring is 1. The lowest BCUT2D eigenvalue weighted by atomic mass is 9.81. The summed E-state index contributed by atoms with van der Waals surface area (Å²) in [6.07, 6.45) is 3.41. The van der Waals surface area contributed by atoms with Gasteiger partial charge in [-0.2, -0.15) is 0 Å². The predicted molar refractivity (Wildman–Crippen MR) is 189 cm³/mol. The lowest BCUT2D eigenvalue weighted by molar-refractivity contribution is -0.168. The third-order valence-electron chi connectivity index (χ3n) is 8.46. The zero-order valence-corrected chi connectivity index (χ0v) is 28.3. The second-order valence-corrected chi connectivity index (χ2v) is 11.8. The maximum atomic E-state index is 13.6. The molecule has 0 unspecified atom stereocenters. The van der Waals surface area contributed by atoms with E-state index < -0.39 is 12.2 Å². The Kier molecular flexibility index (Phi) is 12.8. The van der Waals surface area contributed by atoms with Crippen LogP contribution in [0.4, 0.5) is 11.4 Å². The molecule has 0 radical (unpaired) electrons. The summed E-state index contributed by atoms with van der Waals surface area (Å²) in [6, 6.07) is 21.6. The SMILES string of the molecule is CCO[C@@H]1OC(C(=O)NCc2ccc(C(=O)Nc3ccccc3N)cc2)=C[C@H](c2cn(C(C)=O)c3ccccc23)[C@H]1CCOCCOCCO. The number of para-hydroxylation sites is 3. The molecule has 0 saturated carbocycles. The van der Waals surface area contributed by atoms with Gasteiger partial charge in [0.2, 0.25) is 12.2 Å². The summed E-state index contributed by atoms with van der Waals surface area (Å²) in [5.74, 6) is -1.34. The maximum absolute atomic E-state index is 13.6. The molecular weight excluding hydrogens is 640 g/mol. The van der Waals surface area contributed by atoms with Crippen molar-refractivity contribution < 1.29 is 38.4 Å². The Balaban J connectivity index is 1.34. The predicted octanol–water partition coefficient (Wildman–Crippen LogP) is 4.84. The molecule has 0 fully saturated rings. The molecular formula is C38H44N4O8. The molecule has 5 rings (SSSR count). The van der Waals surface area contributed by atoms with E-state index in [0.29, 0.717) is 49.8 Å². The summed E-state index contributed by atoms with van der Waals surface area (Å²) < 4.78 is 25.1. The molecule has 2 heterocycles. The summed E-state index contributed by atoms with van der Waals surface area (Å²) >= 11 is 0. The molecule has 5 N–H and O–H groups in total. The number of aliphatic hydroxyl groups excluding tert-OH is 1. The van der Waals surface area contributed by atoms with Gasteiger partial charge in [-0.25, -0.2) is 0 Å². The number of ether oxygens (including phenoxy) is 4. The number of amides is 2. The topological polar surface area (TPSA) is 163 Å². The molecule has 50 heavy (non-hydrogen) atoms. The van der Waals surface area contributed by atoms with Crippen molar-refractivity contribution in [1.82, 2.24) is 9.88 Å². The van der Waals surface area contributed by atoms with E-state index in [1.165, 1.54) is 6.92 Å². The van der Waals surface area contributed by atoms with E-state index in [2.05, 4.69) is 10.6 Å². The fourth-order valence-electron chi connectivity index (χ4n) is 5.98. The average molecular weight is 685 g/mol.